The molecule has 1 heterocycles. The molecule has 0 bridgehead atoms. The van der Waals surface area contributed by atoms with E-state index in [1.807, 2.05) is 13.0 Å². The molecule has 0 aliphatic carbocycles. The van der Waals surface area contributed by atoms with Crippen molar-refractivity contribution in [3.05, 3.63) is 44.6 Å². The summed E-state index contributed by atoms with van der Waals surface area (Å²) in [6.07, 6.45) is 0. The Morgan fingerprint density at radius 2 is 2.20 bits per heavy atom. The first-order valence-electron chi connectivity index (χ1n) is 6.01. The van der Waals surface area contributed by atoms with Crippen LogP contribution in [0.5, 0.6) is 5.75 Å². The van der Waals surface area contributed by atoms with E-state index >= 15 is 0 Å². The molecule has 0 aliphatic heterocycles. The summed E-state index contributed by atoms with van der Waals surface area (Å²) in [4.78, 5) is 11.6. The van der Waals surface area contributed by atoms with Crippen LogP contribution < -0.4 is 4.74 Å². The third kappa shape index (κ3) is 3.04. The summed E-state index contributed by atoms with van der Waals surface area (Å²) in [5.41, 5.74) is 2.18. The lowest BCUT2D eigenvalue weighted by Gasteiger charge is -2.10. The van der Waals surface area contributed by atoms with Crippen molar-refractivity contribution in [3.63, 3.8) is 0 Å². The molecule has 6 heteroatoms. The molecule has 0 spiro atoms. The highest BCUT2D eigenvalue weighted by Gasteiger charge is 2.14. The molecule has 106 valence electrons. The van der Waals surface area contributed by atoms with Crippen molar-refractivity contribution in [3.8, 4) is 5.75 Å². The molecular weight excluding hydrogens is 344 g/mol. The summed E-state index contributed by atoms with van der Waals surface area (Å²) in [7, 11) is 1.78. The monoisotopic (exact) mass is 356 g/mol. The first kappa shape index (κ1) is 15.1. The third-order valence-electron chi connectivity index (χ3n) is 2.96. The topological polar surface area (TPSA) is 44.1 Å². The number of benzene rings is 1. The number of halogens is 2. The minimum absolute atomic E-state index is 0.0460. The summed E-state index contributed by atoms with van der Waals surface area (Å²) in [6.45, 7) is 3.66. The van der Waals surface area contributed by atoms with Crippen LogP contribution in [0.25, 0.3) is 0 Å². The highest BCUT2D eigenvalue weighted by molar-refractivity contribution is 9.10. The van der Waals surface area contributed by atoms with Crippen LogP contribution in [0.15, 0.2) is 22.7 Å². The average molecular weight is 358 g/mol. The molecule has 0 saturated carbocycles. The maximum Gasteiger partial charge on any atom is 0.163 e. The zero-order valence-electron chi connectivity index (χ0n) is 11.4. The van der Waals surface area contributed by atoms with Gasteiger partial charge in [-0.1, -0.05) is 27.5 Å². The first-order chi connectivity index (χ1) is 9.40. The number of carbonyl (C=O) groups is 1. The van der Waals surface area contributed by atoms with Gasteiger partial charge in [-0.15, -0.1) is 0 Å². The zero-order chi connectivity index (χ0) is 14.9. The highest BCUT2D eigenvalue weighted by atomic mass is 79.9. The van der Waals surface area contributed by atoms with E-state index in [0.29, 0.717) is 16.5 Å². The van der Waals surface area contributed by atoms with Crippen LogP contribution in [-0.2, 0) is 13.7 Å². The van der Waals surface area contributed by atoms with Gasteiger partial charge in [0.25, 0.3) is 0 Å². The molecule has 0 aliphatic rings. The molecule has 0 amide bonds. The van der Waals surface area contributed by atoms with Gasteiger partial charge in [-0.05, 0) is 32.0 Å². The Morgan fingerprint density at radius 3 is 2.75 bits per heavy atom. The predicted molar refractivity (Wildman–Crippen MR) is 81.4 cm³/mol. The van der Waals surface area contributed by atoms with Crippen LogP contribution in [0.3, 0.4) is 0 Å². The van der Waals surface area contributed by atoms with E-state index in [-0.39, 0.29) is 12.4 Å². The summed E-state index contributed by atoms with van der Waals surface area (Å²) in [6, 6.07) is 5.34. The Kier molecular flexibility index (Phi) is 4.50. The first-order valence-corrected chi connectivity index (χ1v) is 7.18. The fraction of sp³-hybridized carbons (Fsp3) is 0.286. The fourth-order valence-corrected chi connectivity index (χ4v) is 2.48. The maximum atomic E-state index is 11.6. The van der Waals surface area contributed by atoms with E-state index in [1.165, 1.54) is 6.92 Å². The normalized spacial score (nSPS) is 10.7. The third-order valence-corrected chi connectivity index (χ3v) is 3.93. The van der Waals surface area contributed by atoms with Crippen molar-refractivity contribution < 1.29 is 9.53 Å². The minimum Gasteiger partial charge on any atom is -0.488 e. The molecule has 2 rings (SSSR count). The lowest BCUT2D eigenvalue weighted by molar-refractivity contribution is 0.101. The second-order valence-electron chi connectivity index (χ2n) is 4.46. The van der Waals surface area contributed by atoms with E-state index in [1.54, 1.807) is 23.9 Å². The van der Waals surface area contributed by atoms with Gasteiger partial charge in [-0.25, -0.2) is 0 Å². The van der Waals surface area contributed by atoms with Crippen molar-refractivity contribution in [1.82, 2.24) is 9.78 Å². The summed E-state index contributed by atoms with van der Waals surface area (Å²) < 4.78 is 8.17. The van der Waals surface area contributed by atoms with Crippen molar-refractivity contribution in [2.24, 2.45) is 7.05 Å². The number of rotatable bonds is 4. The van der Waals surface area contributed by atoms with Crippen LogP contribution >= 0.6 is 27.5 Å². The van der Waals surface area contributed by atoms with E-state index in [9.17, 15) is 4.79 Å². The molecule has 0 saturated heterocycles. The number of nitrogens with zero attached hydrogens (tertiary/aromatic N) is 2. The van der Waals surface area contributed by atoms with Gasteiger partial charge in [0.1, 0.15) is 17.5 Å². The van der Waals surface area contributed by atoms with Crippen LogP contribution in [0.1, 0.15) is 28.5 Å². The van der Waals surface area contributed by atoms with E-state index in [2.05, 4.69) is 21.0 Å². The molecule has 1 aromatic carbocycles. The number of hydrogen-bond donors (Lipinski definition) is 0. The molecule has 0 fully saturated rings. The average Bonchev–Trinajstić information content (AvgIpc) is 2.62. The van der Waals surface area contributed by atoms with Gasteiger partial charge in [0, 0.05) is 17.1 Å². The zero-order valence-corrected chi connectivity index (χ0v) is 13.7. The van der Waals surface area contributed by atoms with Crippen molar-refractivity contribution in [2.45, 2.75) is 20.5 Å². The predicted octanol–water partition coefficient (Wildman–Crippen LogP) is 3.93. The summed E-state index contributed by atoms with van der Waals surface area (Å²) >= 11 is 9.50. The van der Waals surface area contributed by atoms with Crippen LogP contribution in [0.2, 0.25) is 5.15 Å². The van der Waals surface area contributed by atoms with E-state index in [4.69, 9.17) is 16.3 Å². The molecular formula is C14H14BrClN2O2. The standard InChI is InChI=1S/C14H14BrClN2O2/c1-8-12(14(16)18(3)17-8)7-20-13-5-4-10(15)6-11(13)9(2)19/h4-6H,7H2,1-3H3. The largest absolute Gasteiger partial charge is 0.488 e. The maximum absolute atomic E-state index is 11.6. The van der Waals surface area contributed by atoms with Crippen LogP contribution in [-0.4, -0.2) is 15.6 Å². The number of aryl methyl sites for hydroxylation is 2. The Bertz CT molecular complexity index is 667. The molecule has 20 heavy (non-hydrogen) atoms. The SMILES string of the molecule is CC(=O)c1cc(Br)ccc1OCc1c(C)nn(C)c1Cl. The van der Waals surface area contributed by atoms with Gasteiger partial charge >= 0.3 is 0 Å². The quantitative estimate of drug-likeness (QED) is 0.779. The lowest BCUT2D eigenvalue weighted by Crippen LogP contribution is -2.02. The van der Waals surface area contributed by atoms with Gasteiger partial charge in [0.15, 0.2) is 5.78 Å². The number of Topliss-reactive ketones (excluding diaryl/α,β-unsaturated/α-hetero) is 1. The van der Waals surface area contributed by atoms with Gasteiger partial charge in [-0.2, -0.15) is 5.10 Å². The number of carbonyl (C=O) groups excluding carboxylic acids is 1. The van der Waals surface area contributed by atoms with Gasteiger partial charge in [0.05, 0.1) is 11.3 Å². The van der Waals surface area contributed by atoms with Gasteiger partial charge in [0.2, 0.25) is 0 Å². The number of hydrogen-bond acceptors (Lipinski definition) is 3. The van der Waals surface area contributed by atoms with Gasteiger partial charge in [-0.3, -0.25) is 9.48 Å². The van der Waals surface area contributed by atoms with Gasteiger partial charge < -0.3 is 4.74 Å². The van der Waals surface area contributed by atoms with Crippen molar-refractivity contribution in [2.75, 3.05) is 0 Å². The lowest BCUT2D eigenvalue weighted by atomic mass is 10.1. The summed E-state index contributed by atoms with van der Waals surface area (Å²) in [5, 5.41) is 4.77. The van der Waals surface area contributed by atoms with E-state index in [0.717, 1.165) is 15.7 Å². The Balaban J connectivity index is 2.25. The smallest absolute Gasteiger partial charge is 0.163 e. The molecule has 4 nitrogen and oxygen atoms in total. The molecule has 0 radical (unpaired) electrons. The molecule has 0 unspecified atom stereocenters. The number of ether oxygens (including phenoxy) is 1. The number of aromatic nitrogens is 2. The van der Waals surface area contributed by atoms with Crippen molar-refractivity contribution in [1.29, 1.82) is 0 Å². The number of ketones is 1. The van der Waals surface area contributed by atoms with E-state index < -0.39 is 0 Å². The minimum atomic E-state index is -0.0460. The summed E-state index contributed by atoms with van der Waals surface area (Å²) in [5.74, 6) is 0.496. The molecule has 2 aromatic rings. The molecule has 0 N–H and O–H groups in total. The highest BCUT2D eigenvalue weighted by Crippen LogP contribution is 2.26. The molecule has 1 aromatic heterocycles. The van der Waals surface area contributed by atoms with Crippen molar-refractivity contribution >= 4 is 33.3 Å². The van der Waals surface area contributed by atoms with Crippen LogP contribution in [0, 0.1) is 6.92 Å². The Hall–Kier alpha value is -1.33. The Labute approximate surface area is 130 Å². The fourth-order valence-electron chi connectivity index (χ4n) is 1.89. The second-order valence-corrected chi connectivity index (χ2v) is 5.74. The Morgan fingerprint density at radius 1 is 1.50 bits per heavy atom. The second kappa shape index (κ2) is 5.97. The molecule has 0 atom stereocenters. The van der Waals surface area contributed by atoms with Crippen LogP contribution in [0.4, 0.5) is 0 Å².